The lowest BCUT2D eigenvalue weighted by molar-refractivity contribution is -0.121. The van der Waals surface area contributed by atoms with Crippen molar-refractivity contribution in [2.24, 2.45) is 0 Å². The van der Waals surface area contributed by atoms with Gasteiger partial charge in [-0.15, -0.1) is 11.3 Å². The molecule has 0 saturated carbocycles. The van der Waals surface area contributed by atoms with Crippen molar-refractivity contribution in [2.75, 3.05) is 29.9 Å². The summed E-state index contributed by atoms with van der Waals surface area (Å²) in [5.74, 6) is -0.0678. The first-order valence-corrected chi connectivity index (χ1v) is 12.9. The molecule has 3 aromatic rings. The van der Waals surface area contributed by atoms with Gasteiger partial charge in [0.05, 0.1) is 17.2 Å². The molecule has 4 rings (SSSR count). The summed E-state index contributed by atoms with van der Waals surface area (Å²) in [6.45, 7) is 4.81. The molecule has 31 heavy (non-hydrogen) atoms. The maximum Gasteiger partial charge on any atom is 0.248 e. The Hall–Kier alpha value is -2.55. The van der Waals surface area contributed by atoms with E-state index in [1.165, 1.54) is 22.5 Å². The first-order valence-electron chi connectivity index (χ1n) is 10.2. The number of hydrogen-bond donors (Lipinski definition) is 1. The van der Waals surface area contributed by atoms with Crippen LogP contribution in [0.3, 0.4) is 0 Å². The number of carbonyl (C=O) groups excluding carboxylic acids is 1. The van der Waals surface area contributed by atoms with Gasteiger partial charge in [0.25, 0.3) is 0 Å². The van der Waals surface area contributed by atoms with E-state index in [0.717, 1.165) is 16.8 Å². The van der Waals surface area contributed by atoms with E-state index in [-0.39, 0.29) is 17.4 Å². The first kappa shape index (κ1) is 21.7. The molecule has 1 fully saturated rings. The summed E-state index contributed by atoms with van der Waals surface area (Å²) in [5.41, 5.74) is 5.09. The summed E-state index contributed by atoms with van der Waals surface area (Å²) >= 11 is 1.38. The van der Waals surface area contributed by atoms with Crippen LogP contribution in [0.2, 0.25) is 0 Å². The average Bonchev–Trinajstić information content (AvgIpc) is 3.20. The molecule has 2 aromatic carbocycles. The fourth-order valence-corrected chi connectivity index (χ4v) is 5.64. The quantitative estimate of drug-likeness (QED) is 0.632. The molecule has 0 radical (unpaired) electrons. The summed E-state index contributed by atoms with van der Waals surface area (Å²) < 4.78 is 23.7. The van der Waals surface area contributed by atoms with E-state index in [0.29, 0.717) is 18.2 Å². The van der Waals surface area contributed by atoms with Crippen molar-refractivity contribution in [3.63, 3.8) is 0 Å². The van der Waals surface area contributed by atoms with E-state index in [9.17, 15) is 13.2 Å². The number of nitrogens with zero attached hydrogens (tertiary/aromatic N) is 2. The summed E-state index contributed by atoms with van der Waals surface area (Å²) in [7, 11) is -3.03. The number of amides is 1. The molecule has 2 heterocycles. The Bertz CT molecular complexity index is 1180. The molecule has 162 valence electrons. The maximum atomic E-state index is 13.3. The van der Waals surface area contributed by atoms with Crippen LogP contribution in [0.25, 0.3) is 11.3 Å². The predicted molar refractivity (Wildman–Crippen MR) is 125 cm³/mol. The molecule has 1 aliphatic heterocycles. The monoisotopic (exact) mass is 455 g/mol. The molecule has 0 aliphatic carbocycles. The van der Waals surface area contributed by atoms with Crippen molar-refractivity contribution in [2.45, 2.75) is 19.9 Å². The van der Waals surface area contributed by atoms with E-state index in [1.54, 1.807) is 0 Å². The predicted octanol–water partition coefficient (Wildman–Crippen LogP) is 3.84. The Labute approximate surface area is 186 Å². The molecule has 1 N–H and O–H groups in total. The number of hydrogen-bond acceptors (Lipinski definition) is 6. The molecule has 1 unspecified atom stereocenters. The number of nitrogens with one attached hydrogen (secondary N) is 1. The molecule has 1 aromatic heterocycles. The van der Waals surface area contributed by atoms with Crippen LogP contribution in [0.5, 0.6) is 0 Å². The lowest BCUT2D eigenvalue weighted by atomic mass is 10.0. The molecule has 1 aliphatic rings. The van der Waals surface area contributed by atoms with Crippen LogP contribution < -0.4 is 5.32 Å². The van der Waals surface area contributed by atoms with E-state index >= 15 is 0 Å². The summed E-state index contributed by atoms with van der Waals surface area (Å²) in [4.78, 5) is 19.8. The Balaban J connectivity index is 1.55. The zero-order valence-electron chi connectivity index (χ0n) is 17.5. The highest BCUT2D eigenvalue weighted by Crippen LogP contribution is 2.29. The van der Waals surface area contributed by atoms with Crippen LogP contribution in [0.1, 0.15) is 22.7 Å². The van der Waals surface area contributed by atoms with Gasteiger partial charge < -0.3 is 5.32 Å². The minimum atomic E-state index is -3.03. The second-order valence-corrected chi connectivity index (χ2v) is 11.0. The summed E-state index contributed by atoms with van der Waals surface area (Å²) in [6, 6.07) is 15.1. The van der Waals surface area contributed by atoms with Crippen molar-refractivity contribution >= 4 is 32.2 Å². The Morgan fingerprint density at radius 1 is 1.06 bits per heavy atom. The Morgan fingerprint density at radius 2 is 1.77 bits per heavy atom. The molecule has 6 nitrogen and oxygen atoms in total. The molecule has 1 saturated heterocycles. The highest BCUT2D eigenvalue weighted by molar-refractivity contribution is 7.91. The topological polar surface area (TPSA) is 79.4 Å². The third-order valence-corrected chi connectivity index (χ3v) is 8.01. The fourth-order valence-electron chi connectivity index (χ4n) is 3.69. The number of aryl methyl sites for hydroxylation is 2. The minimum Gasteiger partial charge on any atom is -0.300 e. The smallest absolute Gasteiger partial charge is 0.248 e. The highest BCUT2D eigenvalue weighted by atomic mass is 32.2. The van der Waals surface area contributed by atoms with Gasteiger partial charge in [0.2, 0.25) is 5.91 Å². The van der Waals surface area contributed by atoms with Gasteiger partial charge in [-0.3, -0.25) is 9.69 Å². The number of anilines is 1. The number of rotatable bonds is 5. The number of aromatic nitrogens is 1. The van der Waals surface area contributed by atoms with Gasteiger partial charge >= 0.3 is 0 Å². The van der Waals surface area contributed by atoms with Crippen molar-refractivity contribution in [1.82, 2.24) is 9.88 Å². The lowest BCUT2D eigenvalue weighted by Crippen LogP contribution is -2.46. The maximum absolute atomic E-state index is 13.3. The average molecular weight is 456 g/mol. The molecule has 1 amide bonds. The van der Waals surface area contributed by atoms with E-state index in [4.69, 9.17) is 0 Å². The van der Waals surface area contributed by atoms with E-state index in [2.05, 4.69) is 36.3 Å². The molecular weight excluding hydrogens is 430 g/mol. The minimum absolute atomic E-state index is 0.0673. The second-order valence-electron chi connectivity index (χ2n) is 7.83. The van der Waals surface area contributed by atoms with Gasteiger partial charge in [0.1, 0.15) is 6.04 Å². The van der Waals surface area contributed by atoms with Gasteiger partial charge in [0.15, 0.2) is 15.0 Å². The molecule has 8 heteroatoms. The number of carbonyl (C=O) groups is 1. The largest absolute Gasteiger partial charge is 0.300 e. The molecule has 0 spiro atoms. The Morgan fingerprint density at radius 3 is 2.45 bits per heavy atom. The van der Waals surface area contributed by atoms with Crippen LogP contribution in [0, 0.1) is 13.8 Å². The molecule has 0 bridgehead atoms. The van der Waals surface area contributed by atoms with Crippen LogP contribution in [0.4, 0.5) is 5.13 Å². The second kappa shape index (κ2) is 8.90. The normalized spacial score (nSPS) is 17.2. The zero-order valence-corrected chi connectivity index (χ0v) is 19.2. The molecule has 1 atom stereocenters. The number of thiazole rings is 1. The van der Waals surface area contributed by atoms with Crippen molar-refractivity contribution in [1.29, 1.82) is 0 Å². The van der Waals surface area contributed by atoms with Crippen molar-refractivity contribution in [3.8, 4) is 11.3 Å². The van der Waals surface area contributed by atoms with E-state index < -0.39 is 15.9 Å². The third-order valence-electron chi connectivity index (χ3n) is 5.64. The number of benzene rings is 2. The first-order chi connectivity index (χ1) is 14.8. The van der Waals surface area contributed by atoms with Crippen LogP contribution >= 0.6 is 11.3 Å². The number of sulfone groups is 1. The van der Waals surface area contributed by atoms with Crippen LogP contribution in [-0.4, -0.2) is 48.8 Å². The zero-order chi connectivity index (χ0) is 22.0. The van der Waals surface area contributed by atoms with Gasteiger partial charge in [0, 0.05) is 24.0 Å². The highest BCUT2D eigenvalue weighted by Gasteiger charge is 2.32. The Kier molecular flexibility index (Phi) is 6.22. The van der Waals surface area contributed by atoms with Gasteiger partial charge in [-0.05, 0) is 36.6 Å². The van der Waals surface area contributed by atoms with Crippen LogP contribution in [-0.2, 0) is 14.6 Å². The summed E-state index contributed by atoms with van der Waals surface area (Å²) in [5, 5.41) is 5.42. The third kappa shape index (κ3) is 5.03. The van der Waals surface area contributed by atoms with Crippen LogP contribution in [0.15, 0.2) is 53.9 Å². The summed E-state index contributed by atoms with van der Waals surface area (Å²) in [6.07, 6.45) is 0. The molecular formula is C23H25N3O3S2. The van der Waals surface area contributed by atoms with Gasteiger partial charge in [-0.2, -0.15) is 0 Å². The van der Waals surface area contributed by atoms with Crippen molar-refractivity contribution in [3.05, 3.63) is 70.6 Å². The SMILES string of the molecule is Cc1ccc(-c2csc(NC(=O)C(c3ccccc3)N3CCS(=O)(=O)CC3)n2)cc1C. The lowest BCUT2D eigenvalue weighted by Gasteiger charge is -2.33. The standard InChI is InChI=1S/C23H25N3O3S2/c1-16-8-9-19(14-17(16)2)20-15-30-23(24-20)25-22(27)21(18-6-4-3-5-7-18)26-10-12-31(28,29)13-11-26/h3-9,14-15,21H,10-13H2,1-2H3,(H,24,25,27). The van der Waals surface area contributed by atoms with E-state index in [1.807, 2.05) is 46.7 Å². The fraction of sp³-hybridized carbons (Fsp3) is 0.304. The van der Waals surface area contributed by atoms with Gasteiger partial charge in [-0.25, -0.2) is 13.4 Å². The van der Waals surface area contributed by atoms with Crippen molar-refractivity contribution < 1.29 is 13.2 Å². The van der Waals surface area contributed by atoms with Gasteiger partial charge in [-0.1, -0.05) is 42.5 Å².